The summed E-state index contributed by atoms with van der Waals surface area (Å²) in [5, 5.41) is 16.7. The molecule has 150 valence electrons. The fraction of sp³-hybridized carbons (Fsp3) is 0.500. The van der Waals surface area contributed by atoms with Gasteiger partial charge in [-0.2, -0.15) is 5.10 Å². The highest BCUT2D eigenvalue weighted by molar-refractivity contribution is 5.95. The number of amides is 1. The van der Waals surface area contributed by atoms with E-state index < -0.39 is 5.97 Å². The highest BCUT2D eigenvalue weighted by atomic mass is 16.4. The minimum Gasteiger partial charge on any atom is -0.481 e. The van der Waals surface area contributed by atoms with Gasteiger partial charge in [0.05, 0.1) is 11.3 Å². The zero-order valence-corrected chi connectivity index (χ0v) is 16.4. The molecule has 1 aromatic heterocycles. The molecule has 2 aromatic rings. The van der Waals surface area contributed by atoms with Gasteiger partial charge >= 0.3 is 5.97 Å². The van der Waals surface area contributed by atoms with Gasteiger partial charge in [0, 0.05) is 31.6 Å². The number of carboxylic acid groups (broad SMARTS) is 1. The third-order valence-electron chi connectivity index (χ3n) is 5.46. The zero-order chi connectivity index (χ0) is 19.9. The predicted molar refractivity (Wildman–Crippen MR) is 107 cm³/mol. The van der Waals surface area contributed by atoms with E-state index in [0.717, 1.165) is 24.1 Å². The molecular weight excluding hydrogens is 354 g/mol. The molecule has 1 atom stereocenters. The second kappa shape index (κ2) is 9.53. The smallest absolute Gasteiger partial charge is 0.303 e. The topological polar surface area (TPSA) is 84.2 Å². The van der Waals surface area contributed by atoms with E-state index in [-0.39, 0.29) is 18.4 Å². The van der Waals surface area contributed by atoms with Gasteiger partial charge in [-0.15, -0.1) is 0 Å². The zero-order valence-electron chi connectivity index (χ0n) is 16.4. The van der Waals surface area contributed by atoms with E-state index in [0.29, 0.717) is 24.3 Å². The molecule has 1 aliphatic carbocycles. The van der Waals surface area contributed by atoms with Gasteiger partial charge in [0.15, 0.2) is 0 Å². The fourth-order valence-corrected chi connectivity index (χ4v) is 4.04. The molecule has 1 aromatic carbocycles. The van der Waals surface area contributed by atoms with Crippen molar-refractivity contribution < 1.29 is 14.7 Å². The molecule has 1 heterocycles. The first-order valence-electron chi connectivity index (χ1n) is 10.1. The number of carboxylic acids is 1. The molecule has 0 aliphatic heterocycles. The molecule has 1 amide bonds. The lowest BCUT2D eigenvalue weighted by molar-refractivity contribution is -0.137. The summed E-state index contributed by atoms with van der Waals surface area (Å²) in [6.07, 6.45) is 8.58. The summed E-state index contributed by atoms with van der Waals surface area (Å²) in [6, 6.07) is 9.61. The molecule has 0 spiro atoms. The number of hydrogen-bond acceptors (Lipinski definition) is 3. The van der Waals surface area contributed by atoms with Crippen LogP contribution in [0, 0.1) is 0 Å². The average Bonchev–Trinajstić information content (AvgIpc) is 3.09. The van der Waals surface area contributed by atoms with Crippen LogP contribution in [-0.2, 0) is 18.3 Å². The van der Waals surface area contributed by atoms with Crippen molar-refractivity contribution in [3.63, 3.8) is 0 Å². The van der Waals surface area contributed by atoms with E-state index in [1.54, 1.807) is 10.9 Å². The molecule has 1 saturated carbocycles. The summed E-state index contributed by atoms with van der Waals surface area (Å²) in [6.45, 7) is 0. The minimum atomic E-state index is -0.850. The number of aliphatic carboxylic acids is 1. The van der Waals surface area contributed by atoms with Crippen molar-refractivity contribution in [2.45, 2.75) is 63.3 Å². The van der Waals surface area contributed by atoms with Crippen molar-refractivity contribution in [2.24, 2.45) is 7.05 Å². The Hall–Kier alpha value is -2.63. The van der Waals surface area contributed by atoms with Gasteiger partial charge in [-0.1, -0.05) is 49.6 Å². The number of rotatable bonds is 8. The molecule has 6 heteroatoms. The standard InChI is InChI=1S/C22H29N3O3/c1-25-15-19(21(24-25)17-10-6-3-7-11-17)22(28)23-18(12-13-20(26)27)14-16-8-4-2-5-9-16/h2,4-5,8-9,15,17-18H,3,6-7,10-14H2,1H3,(H,23,28)(H,26,27). The Balaban J connectivity index is 1.74. The number of nitrogens with zero attached hydrogens (tertiary/aromatic N) is 2. The normalized spacial score (nSPS) is 15.9. The second-order valence-electron chi connectivity index (χ2n) is 7.73. The summed E-state index contributed by atoms with van der Waals surface area (Å²) in [7, 11) is 1.84. The Morgan fingerprint density at radius 1 is 1.21 bits per heavy atom. The van der Waals surface area contributed by atoms with Crippen LogP contribution in [-0.4, -0.2) is 32.8 Å². The van der Waals surface area contributed by atoms with Crippen molar-refractivity contribution in [3.8, 4) is 0 Å². The van der Waals surface area contributed by atoms with Gasteiger partial charge in [-0.3, -0.25) is 14.3 Å². The Bertz CT molecular complexity index is 795. The van der Waals surface area contributed by atoms with Crippen molar-refractivity contribution in [1.29, 1.82) is 0 Å². The third kappa shape index (κ3) is 5.44. The van der Waals surface area contributed by atoms with E-state index in [9.17, 15) is 9.59 Å². The summed E-state index contributed by atoms with van der Waals surface area (Å²) in [4.78, 5) is 24.1. The number of aryl methyl sites for hydroxylation is 1. The third-order valence-corrected chi connectivity index (χ3v) is 5.46. The Labute approximate surface area is 166 Å². The monoisotopic (exact) mass is 383 g/mol. The van der Waals surface area contributed by atoms with Crippen LogP contribution >= 0.6 is 0 Å². The lowest BCUT2D eigenvalue weighted by Gasteiger charge is -2.22. The predicted octanol–water partition coefficient (Wildman–Crippen LogP) is 3.67. The van der Waals surface area contributed by atoms with Crippen LogP contribution in [0.5, 0.6) is 0 Å². The average molecular weight is 383 g/mol. The number of nitrogens with one attached hydrogen (secondary N) is 1. The second-order valence-corrected chi connectivity index (χ2v) is 7.73. The molecule has 0 bridgehead atoms. The summed E-state index contributed by atoms with van der Waals surface area (Å²) < 4.78 is 1.71. The molecule has 1 fully saturated rings. The summed E-state index contributed by atoms with van der Waals surface area (Å²) in [5.41, 5.74) is 2.59. The number of carbonyl (C=O) groups is 2. The van der Waals surface area contributed by atoms with E-state index in [1.807, 2.05) is 37.4 Å². The van der Waals surface area contributed by atoms with Crippen LogP contribution in [0.25, 0.3) is 0 Å². The van der Waals surface area contributed by atoms with Crippen molar-refractivity contribution in [3.05, 3.63) is 53.3 Å². The van der Waals surface area contributed by atoms with E-state index in [4.69, 9.17) is 5.11 Å². The van der Waals surface area contributed by atoms with Gasteiger partial charge in [-0.05, 0) is 31.2 Å². The van der Waals surface area contributed by atoms with Gasteiger partial charge in [0.25, 0.3) is 5.91 Å². The van der Waals surface area contributed by atoms with Crippen LogP contribution in [0.3, 0.4) is 0 Å². The van der Waals surface area contributed by atoms with Gasteiger partial charge < -0.3 is 10.4 Å². The van der Waals surface area contributed by atoms with Crippen LogP contribution in [0.15, 0.2) is 36.5 Å². The van der Waals surface area contributed by atoms with Crippen LogP contribution in [0.2, 0.25) is 0 Å². The highest BCUT2D eigenvalue weighted by Gasteiger charge is 2.26. The maximum atomic E-state index is 13.1. The molecule has 6 nitrogen and oxygen atoms in total. The Kier molecular flexibility index (Phi) is 6.85. The van der Waals surface area contributed by atoms with Crippen molar-refractivity contribution >= 4 is 11.9 Å². The van der Waals surface area contributed by atoms with E-state index >= 15 is 0 Å². The lowest BCUT2D eigenvalue weighted by atomic mass is 9.85. The fourth-order valence-electron chi connectivity index (χ4n) is 4.04. The molecular formula is C22H29N3O3. The maximum Gasteiger partial charge on any atom is 0.303 e. The number of carbonyl (C=O) groups excluding carboxylic acids is 1. The minimum absolute atomic E-state index is 0.0281. The van der Waals surface area contributed by atoms with E-state index in [1.165, 1.54) is 19.3 Å². The molecule has 3 rings (SSSR count). The Morgan fingerprint density at radius 3 is 2.61 bits per heavy atom. The van der Waals surface area contributed by atoms with Gasteiger partial charge in [0.1, 0.15) is 0 Å². The first kappa shape index (κ1) is 20.1. The van der Waals surface area contributed by atoms with Crippen LogP contribution in [0.1, 0.15) is 72.5 Å². The Morgan fingerprint density at radius 2 is 1.93 bits per heavy atom. The SMILES string of the molecule is Cn1cc(C(=O)NC(CCC(=O)O)Cc2ccccc2)c(C2CCCCC2)n1. The van der Waals surface area contributed by atoms with Gasteiger partial charge in [-0.25, -0.2) is 0 Å². The molecule has 0 saturated heterocycles. The molecule has 28 heavy (non-hydrogen) atoms. The quantitative estimate of drug-likeness (QED) is 0.728. The summed E-state index contributed by atoms with van der Waals surface area (Å²) in [5.74, 6) is -0.668. The molecule has 0 radical (unpaired) electrons. The largest absolute Gasteiger partial charge is 0.481 e. The summed E-state index contributed by atoms with van der Waals surface area (Å²) >= 11 is 0. The van der Waals surface area contributed by atoms with Crippen LogP contribution in [0.4, 0.5) is 0 Å². The molecule has 1 unspecified atom stereocenters. The van der Waals surface area contributed by atoms with Crippen LogP contribution < -0.4 is 5.32 Å². The van der Waals surface area contributed by atoms with Crippen molar-refractivity contribution in [1.82, 2.24) is 15.1 Å². The van der Waals surface area contributed by atoms with Gasteiger partial charge in [0.2, 0.25) is 0 Å². The maximum absolute atomic E-state index is 13.1. The van der Waals surface area contributed by atoms with E-state index in [2.05, 4.69) is 10.4 Å². The van der Waals surface area contributed by atoms with Crippen molar-refractivity contribution in [2.75, 3.05) is 0 Å². The highest BCUT2D eigenvalue weighted by Crippen LogP contribution is 2.33. The first-order valence-corrected chi connectivity index (χ1v) is 10.1. The first-order chi connectivity index (χ1) is 13.5. The number of hydrogen-bond donors (Lipinski definition) is 2. The lowest BCUT2D eigenvalue weighted by Crippen LogP contribution is -2.37. The molecule has 2 N–H and O–H groups in total. The number of benzene rings is 1. The number of aromatic nitrogens is 2. The molecule has 1 aliphatic rings.